The van der Waals surface area contributed by atoms with E-state index in [2.05, 4.69) is 10.6 Å². The second kappa shape index (κ2) is 8.01. The molecule has 1 saturated carbocycles. The Labute approximate surface area is 173 Å². The Bertz CT molecular complexity index is 1060. The molecule has 29 heavy (non-hydrogen) atoms. The maximum absolute atomic E-state index is 12.9. The fourth-order valence-electron chi connectivity index (χ4n) is 3.04. The molecule has 0 unspecified atom stereocenters. The van der Waals surface area contributed by atoms with Crippen molar-refractivity contribution in [3.63, 3.8) is 0 Å². The summed E-state index contributed by atoms with van der Waals surface area (Å²) in [7, 11) is 1.51. The molecule has 2 amide bonds. The molecule has 1 aliphatic rings. The van der Waals surface area contributed by atoms with Crippen LogP contribution in [0.15, 0.2) is 60.9 Å². The Morgan fingerprint density at radius 2 is 1.72 bits per heavy atom. The van der Waals surface area contributed by atoms with E-state index < -0.39 is 0 Å². The van der Waals surface area contributed by atoms with Crippen LogP contribution in [0.4, 0.5) is 11.4 Å². The molecule has 0 atom stereocenters. The molecule has 2 N–H and O–H groups in total. The maximum atomic E-state index is 12.9. The number of nitrogens with zero attached hydrogens (tertiary/aromatic N) is 1. The van der Waals surface area contributed by atoms with E-state index in [0.717, 1.165) is 18.5 Å². The zero-order chi connectivity index (χ0) is 20.4. The molecule has 2 aromatic carbocycles. The first-order valence-corrected chi connectivity index (χ1v) is 9.66. The normalized spacial score (nSPS) is 13.0. The number of aromatic nitrogens is 1. The number of carbonyl (C=O) groups is 2. The molecule has 0 radical (unpaired) electrons. The summed E-state index contributed by atoms with van der Waals surface area (Å²) < 4.78 is 7.26. The number of hydrogen-bond donors (Lipinski definition) is 2. The number of hydrogen-bond acceptors (Lipinski definition) is 3. The molecule has 0 spiro atoms. The fourth-order valence-corrected chi connectivity index (χ4v) is 3.31. The topological polar surface area (TPSA) is 72.4 Å². The van der Waals surface area contributed by atoms with Crippen LogP contribution in [0.1, 0.15) is 23.2 Å². The number of ether oxygens (including phenoxy) is 1. The minimum Gasteiger partial charge on any atom is -0.496 e. The highest BCUT2D eigenvalue weighted by Crippen LogP contribution is 2.32. The van der Waals surface area contributed by atoms with Crippen molar-refractivity contribution in [3.8, 4) is 11.4 Å². The van der Waals surface area contributed by atoms with E-state index >= 15 is 0 Å². The SMILES string of the molecule is COc1cc(-n2cccc2)c(Cl)cc1C(=O)Nc1cccc(NC(=O)C2CC2)c1. The zero-order valence-corrected chi connectivity index (χ0v) is 16.6. The van der Waals surface area contributed by atoms with Gasteiger partial charge in [-0.1, -0.05) is 17.7 Å². The number of benzene rings is 2. The lowest BCUT2D eigenvalue weighted by Gasteiger charge is -2.14. The Kier molecular flexibility index (Phi) is 5.27. The largest absolute Gasteiger partial charge is 0.496 e. The molecular formula is C22H20ClN3O3. The van der Waals surface area contributed by atoms with Crippen molar-refractivity contribution in [1.29, 1.82) is 0 Å². The van der Waals surface area contributed by atoms with Crippen molar-refractivity contribution in [1.82, 2.24) is 4.57 Å². The smallest absolute Gasteiger partial charge is 0.259 e. The van der Waals surface area contributed by atoms with E-state index in [0.29, 0.717) is 27.7 Å². The molecule has 7 heteroatoms. The maximum Gasteiger partial charge on any atom is 0.259 e. The van der Waals surface area contributed by atoms with Crippen molar-refractivity contribution in [2.75, 3.05) is 17.7 Å². The van der Waals surface area contributed by atoms with Gasteiger partial charge in [-0.05, 0) is 49.2 Å². The summed E-state index contributed by atoms with van der Waals surface area (Å²) in [6, 6.07) is 14.1. The Morgan fingerprint density at radius 1 is 1.03 bits per heavy atom. The molecule has 1 aliphatic carbocycles. The van der Waals surface area contributed by atoms with Gasteiger partial charge in [-0.25, -0.2) is 0 Å². The quantitative estimate of drug-likeness (QED) is 0.617. The van der Waals surface area contributed by atoms with Gasteiger partial charge in [-0.15, -0.1) is 0 Å². The average Bonchev–Trinajstić information content (AvgIpc) is 3.43. The number of anilines is 2. The lowest BCUT2D eigenvalue weighted by atomic mass is 10.1. The minimum atomic E-state index is -0.353. The molecule has 1 heterocycles. The van der Waals surface area contributed by atoms with Crippen molar-refractivity contribution in [2.45, 2.75) is 12.8 Å². The van der Waals surface area contributed by atoms with Gasteiger partial charge in [0.1, 0.15) is 5.75 Å². The van der Waals surface area contributed by atoms with Gasteiger partial charge >= 0.3 is 0 Å². The number of nitrogens with one attached hydrogen (secondary N) is 2. The highest BCUT2D eigenvalue weighted by Gasteiger charge is 2.29. The van der Waals surface area contributed by atoms with Crippen molar-refractivity contribution < 1.29 is 14.3 Å². The minimum absolute atomic E-state index is 0.0162. The Balaban J connectivity index is 1.55. The number of carbonyl (C=O) groups excluding carboxylic acids is 2. The van der Waals surface area contributed by atoms with Gasteiger partial charge in [0.25, 0.3) is 5.91 Å². The highest BCUT2D eigenvalue weighted by atomic mass is 35.5. The number of halogens is 1. The van der Waals surface area contributed by atoms with Crippen molar-refractivity contribution in [2.24, 2.45) is 5.92 Å². The first-order chi connectivity index (χ1) is 14.0. The predicted octanol–water partition coefficient (Wildman–Crippen LogP) is 4.74. The molecular weight excluding hydrogens is 390 g/mol. The van der Waals surface area contributed by atoms with Gasteiger partial charge in [0.05, 0.1) is 23.4 Å². The van der Waals surface area contributed by atoms with Gasteiger partial charge in [0, 0.05) is 35.8 Å². The van der Waals surface area contributed by atoms with Crippen LogP contribution in [0.2, 0.25) is 5.02 Å². The molecule has 0 bridgehead atoms. The third-order valence-electron chi connectivity index (χ3n) is 4.73. The van der Waals surface area contributed by atoms with Gasteiger partial charge in [0.2, 0.25) is 5.91 Å². The highest BCUT2D eigenvalue weighted by molar-refractivity contribution is 6.33. The first-order valence-electron chi connectivity index (χ1n) is 9.28. The number of amides is 2. The molecule has 3 aromatic rings. The lowest BCUT2D eigenvalue weighted by Crippen LogP contribution is -2.15. The summed E-state index contributed by atoms with van der Waals surface area (Å²) in [4.78, 5) is 24.8. The van der Waals surface area contributed by atoms with Crippen molar-refractivity contribution in [3.05, 3.63) is 71.5 Å². The van der Waals surface area contributed by atoms with Crippen LogP contribution in [0.3, 0.4) is 0 Å². The second-order valence-electron chi connectivity index (χ2n) is 6.89. The third kappa shape index (κ3) is 4.27. The first kappa shape index (κ1) is 19.1. The summed E-state index contributed by atoms with van der Waals surface area (Å²) in [6.07, 6.45) is 5.59. The third-order valence-corrected chi connectivity index (χ3v) is 5.04. The van der Waals surface area contributed by atoms with Gasteiger partial charge < -0.3 is 19.9 Å². The molecule has 4 rings (SSSR count). The summed E-state index contributed by atoms with van der Waals surface area (Å²) >= 11 is 6.41. The molecule has 6 nitrogen and oxygen atoms in total. The molecule has 148 valence electrons. The van der Waals surface area contributed by atoms with E-state index in [1.54, 1.807) is 36.4 Å². The zero-order valence-electron chi connectivity index (χ0n) is 15.8. The van der Waals surface area contributed by atoms with Crippen LogP contribution in [-0.4, -0.2) is 23.5 Å². The van der Waals surface area contributed by atoms with Crippen LogP contribution in [0.25, 0.3) is 5.69 Å². The molecule has 1 fully saturated rings. The molecule has 1 aromatic heterocycles. The second-order valence-corrected chi connectivity index (χ2v) is 7.30. The molecule has 0 aliphatic heterocycles. The summed E-state index contributed by atoms with van der Waals surface area (Å²) in [5, 5.41) is 6.14. The summed E-state index contributed by atoms with van der Waals surface area (Å²) in [5.41, 5.74) is 2.25. The average molecular weight is 410 g/mol. The van der Waals surface area contributed by atoms with Crippen LogP contribution in [0, 0.1) is 5.92 Å². The Morgan fingerprint density at radius 3 is 2.38 bits per heavy atom. The van der Waals surface area contributed by atoms with Crippen LogP contribution in [0.5, 0.6) is 5.75 Å². The van der Waals surface area contributed by atoms with E-state index in [1.165, 1.54) is 7.11 Å². The van der Waals surface area contributed by atoms with E-state index in [9.17, 15) is 9.59 Å². The Hall–Kier alpha value is -3.25. The van der Waals surface area contributed by atoms with Crippen LogP contribution < -0.4 is 15.4 Å². The van der Waals surface area contributed by atoms with E-state index in [-0.39, 0.29) is 17.7 Å². The molecule has 0 saturated heterocycles. The van der Waals surface area contributed by atoms with E-state index in [4.69, 9.17) is 16.3 Å². The number of rotatable bonds is 6. The fraction of sp³-hybridized carbons (Fsp3) is 0.182. The monoisotopic (exact) mass is 409 g/mol. The van der Waals surface area contributed by atoms with Crippen LogP contribution in [-0.2, 0) is 4.79 Å². The van der Waals surface area contributed by atoms with Gasteiger partial charge in [-0.3, -0.25) is 9.59 Å². The summed E-state index contributed by atoms with van der Waals surface area (Å²) in [5.74, 6) is 0.184. The standard InChI is InChI=1S/C22H20ClN3O3/c1-29-20-13-19(26-9-2-3-10-26)18(23)12-17(20)22(28)25-16-6-4-5-15(11-16)24-21(27)14-7-8-14/h2-6,9-14H,7-8H2,1H3,(H,24,27)(H,25,28). The van der Waals surface area contributed by atoms with Gasteiger partial charge in [0.15, 0.2) is 0 Å². The number of methoxy groups -OCH3 is 1. The van der Waals surface area contributed by atoms with Crippen LogP contribution >= 0.6 is 11.6 Å². The predicted molar refractivity (Wildman–Crippen MR) is 113 cm³/mol. The summed E-state index contributed by atoms with van der Waals surface area (Å²) in [6.45, 7) is 0. The van der Waals surface area contributed by atoms with Crippen molar-refractivity contribution >= 4 is 34.8 Å². The van der Waals surface area contributed by atoms with Gasteiger partial charge in [-0.2, -0.15) is 0 Å². The lowest BCUT2D eigenvalue weighted by molar-refractivity contribution is -0.117. The van der Waals surface area contributed by atoms with E-state index in [1.807, 2.05) is 29.1 Å².